The van der Waals surface area contributed by atoms with Crippen LogP contribution in [0.4, 0.5) is 5.69 Å². The third kappa shape index (κ3) is 3.67. The molecule has 0 radical (unpaired) electrons. The van der Waals surface area contributed by atoms with Crippen molar-refractivity contribution in [1.29, 1.82) is 0 Å². The number of hydrogen-bond donors (Lipinski definition) is 1. The zero-order valence-electron chi connectivity index (χ0n) is 8.31. The summed E-state index contributed by atoms with van der Waals surface area (Å²) in [6.07, 6.45) is 1.42. The molecule has 0 unspecified atom stereocenters. The lowest BCUT2D eigenvalue weighted by Crippen LogP contribution is -2.23. The van der Waals surface area contributed by atoms with Crippen molar-refractivity contribution >= 4 is 33.3 Å². The Kier molecular flexibility index (Phi) is 4.08. The van der Waals surface area contributed by atoms with Gasteiger partial charge < -0.3 is 4.74 Å². The molecule has 88 valence electrons. The van der Waals surface area contributed by atoms with E-state index in [4.69, 9.17) is 11.6 Å². The summed E-state index contributed by atoms with van der Waals surface area (Å²) in [5.74, 6) is -1.62. The molecule has 8 heteroatoms. The first-order valence-corrected chi connectivity index (χ1v) is 6.15. The number of sulfonamides is 1. The topological polar surface area (TPSA) is 85.4 Å². The van der Waals surface area contributed by atoms with E-state index in [1.165, 1.54) is 18.3 Å². The van der Waals surface area contributed by atoms with Gasteiger partial charge in [0.15, 0.2) is 10.9 Å². The van der Waals surface area contributed by atoms with Crippen LogP contribution in [0.15, 0.2) is 18.3 Å². The summed E-state index contributed by atoms with van der Waals surface area (Å²) in [6, 6.07) is 2.95. The van der Waals surface area contributed by atoms with E-state index in [-0.39, 0.29) is 10.8 Å². The summed E-state index contributed by atoms with van der Waals surface area (Å²) in [5, 5.41) is 0.0101. The summed E-state index contributed by atoms with van der Waals surface area (Å²) in [7, 11) is -2.71. The largest absolute Gasteiger partial charge is 0.468 e. The number of carbonyl (C=O) groups is 1. The van der Waals surface area contributed by atoms with Crippen molar-refractivity contribution in [3.05, 3.63) is 23.5 Å². The number of pyridine rings is 1. The van der Waals surface area contributed by atoms with E-state index in [0.29, 0.717) is 0 Å². The van der Waals surface area contributed by atoms with Gasteiger partial charge in [-0.1, -0.05) is 11.6 Å². The number of methoxy groups -OCH3 is 1. The number of nitrogens with one attached hydrogen (secondary N) is 1. The van der Waals surface area contributed by atoms with E-state index in [2.05, 4.69) is 14.4 Å². The van der Waals surface area contributed by atoms with Gasteiger partial charge in [0.1, 0.15) is 0 Å². The first-order chi connectivity index (χ1) is 7.44. The Morgan fingerprint density at radius 3 is 2.88 bits per heavy atom. The Balaban J connectivity index is 2.81. The van der Waals surface area contributed by atoms with Gasteiger partial charge in [-0.3, -0.25) is 9.52 Å². The summed E-state index contributed by atoms with van der Waals surface area (Å²) >= 11 is 5.65. The van der Waals surface area contributed by atoms with E-state index < -0.39 is 21.7 Å². The Morgan fingerprint density at radius 1 is 1.62 bits per heavy atom. The molecule has 6 nitrogen and oxygen atoms in total. The van der Waals surface area contributed by atoms with Crippen LogP contribution in [0.2, 0.25) is 5.15 Å². The second-order valence-electron chi connectivity index (χ2n) is 2.78. The quantitative estimate of drug-likeness (QED) is 0.637. The maximum atomic E-state index is 11.4. The average molecular weight is 265 g/mol. The maximum Gasteiger partial charge on any atom is 0.322 e. The number of esters is 1. The first-order valence-electron chi connectivity index (χ1n) is 4.12. The Bertz CT molecular complexity index is 489. The minimum atomic E-state index is -3.82. The summed E-state index contributed by atoms with van der Waals surface area (Å²) in [4.78, 5) is 14.5. The van der Waals surface area contributed by atoms with E-state index in [0.717, 1.165) is 7.11 Å². The van der Waals surface area contributed by atoms with Crippen molar-refractivity contribution in [3.63, 3.8) is 0 Å². The highest BCUT2D eigenvalue weighted by atomic mass is 35.5. The number of halogens is 1. The van der Waals surface area contributed by atoms with Crippen molar-refractivity contribution in [2.75, 3.05) is 17.6 Å². The SMILES string of the molecule is COC(=O)CS(=O)(=O)Nc1cccnc1Cl. The molecule has 0 amide bonds. The minimum Gasteiger partial charge on any atom is -0.468 e. The average Bonchev–Trinajstić information content (AvgIpc) is 2.20. The van der Waals surface area contributed by atoms with Crippen LogP contribution in [0, 0.1) is 0 Å². The summed E-state index contributed by atoms with van der Waals surface area (Å²) < 4.78 is 29.2. The monoisotopic (exact) mass is 264 g/mol. The lowest BCUT2D eigenvalue weighted by Gasteiger charge is -2.07. The fourth-order valence-electron chi connectivity index (χ4n) is 0.880. The van der Waals surface area contributed by atoms with Gasteiger partial charge in [0, 0.05) is 6.20 Å². The maximum absolute atomic E-state index is 11.4. The van der Waals surface area contributed by atoms with Crippen molar-refractivity contribution in [2.45, 2.75) is 0 Å². The van der Waals surface area contributed by atoms with E-state index in [1.807, 2.05) is 0 Å². The van der Waals surface area contributed by atoms with Crippen LogP contribution < -0.4 is 4.72 Å². The molecule has 1 aromatic rings. The molecule has 16 heavy (non-hydrogen) atoms. The zero-order valence-corrected chi connectivity index (χ0v) is 9.88. The number of rotatable bonds is 4. The molecule has 1 rings (SSSR count). The van der Waals surface area contributed by atoms with Crippen LogP contribution in [0.1, 0.15) is 0 Å². The second kappa shape index (κ2) is 5.13. The molecule has 0 aromatic carbocycles. The predicted molar refractivity (Wildman–Crippen MR) is 58.7 cm³/mol. The molecule has 0 saturated carbocycles. The second-order valence-corrected chi connectivity index (χ2v) is 4.86. The third-order valence-electron chi connectivity index (χ3n) is 1.56. The summed E-state index contributed by atoms with van der Waals surface area (Å²) in [6.45, 7) is 0. The zero-order chi connectivity index (χ0) is 12.2. The van der Waals surface area contributed by atoms with Gasteiger partial charge in [-0.25, -0.2) is 13.4 Å². The van der Waals surface area contributed by atoms with Crippen LogP contribution in [0.3, 0.4) is 0 Å². The van der Waals surface area contributed by atoms with Crippen molar-refractivity contribution in [3.8, 4) is 0 Å². The number of hydrogen-bond acceptors (Lipinski definition) is 5. The Labute approximate surface area is 97.6 Å². The molecule has 0 bridgehead atoms. The van der Waals surface area contributed by atoms with Crippen LogP contribution in [0.5, 0.6) is 0 Å². The van der Waals surface area contributed by atoms with Gasteiger partial charge in [0.05, 0.1) is 12.8 Å². The van der Waals surface area contributed by atoms with Crippen molar-refractivity contribution in [2.24, 2.45) is 0 Å². The molecule has 1 aromatic heterocycles. The number of ether oxygens (including phenoxy) is 1. The lowest BCUT2D eigenvalue weighted by molar-refractivity contribution is -0.137. The number of aromatic nitrogens is 1. The smallest absolute Gasteiger partial charge is 0.322 e. The molecule has 0 saturated heterocycles. The molecule has 0 atom stereocenters. The van der Waals surface area contributed by atoms with Crippen molar-refractivity contribution < 1.29 is 17.9 Å². The molecule has 0 spiro atoms. The van der Waals surface area contributed by atoms with Crippen LogP contribution in [-0.2, 0) is 19.6 Å². The van der Waals surface area contributed by atoms with Crippen LogP contribution >= 0.6 is 11.6 Å². The molecule has 0 fully saturated rings. The number of carbonyl (C=O) groups excluding carboxylic acids is 1. The highest BCUT2D eigenvalue weighted by molar-refractivity contribution is 7.93. The van der Waals surface area contributed by atoms with E-state index >= 15 is 0 Å². The van der Waals surface area contributed by atoms with Gasteiger partial charge in [-0.15, -0.1) is 0 Å². The normalized spacial score (nSPS) is 10.9. The molecule has 1 heterocycles. The highest BCUT2D eigenvalue weighted by Gasteiger charge is 2.18. The van der Waals surface area contributed by atoms with Gasteiger partial charge in [0.25, 0.3) is 0 Å². The molecule has 0 aliphatic rings. The molecule has 0 aliphatic carbocycles. The predicted octanol–water partition coefficient (Wildman–Crippen LogP) is 0.650. The Morgan fingerprint density at radius 2 is 2.31 bits per heavy atom. The fraction of sp³-hybridized carbons (Fsp3) is 0.250. The third-order valence-corrected chi connectivity index (χ3v) is 3.01. The van der Waals surface area contributed by atoms with Gasteiger partial charge in [-0.2, -0.15) is 0 Å². The minimum absolute atomic E-state index is 0.0101. The fourth-order valence-corrected chi connectivity index (χ4v) is 2.10. The van der Waals surface area contributed by atoms with Crippen LogP contribution in [-0.4, -0.2) is 32.2 Å². The Hall–Kier alpha value is -1.34. The standard InChI is InChI=1S/C8H9ClN2O4S/c1-15-7(12)5-16(13,14)11-6-3-2-4-10-8(6)9/h2-4,11H,5H2,1H3. The van der Waals surface area contributed by atoms with Crippen LogP contribution in [0.25, 0.3) is 0 Å². The molecular formula is C8H9ClN2O4S. The van der Waals surface area contributed by atoms with Gasteiger partial charge in [-0.05, 0) is 12.1 Å². The lowest BCUT2D eigenvalue weighted by atomic mass is 10.4. The molecular weight excluding hydrogens is 256 g/mol. The first kappa shape index (κ1) is 12.7. The molecule has 1 N–H and O–H groups in total. The van der Waals surface area contributed by atoms with Gasteiger partial charge >= 0.3 is 5.97 Å². The summed E-state index contributed by atoms with van der Waals surface area (Å²) in [5.41, 5.74) is 0.119. The molecule has 0 aliphatic heterocycles. The number of nitrogens with zero attached hydrogens (tertiary/aromatic N) is 1. The number of anilines is 1. The van der Waals surface area contributed by atoms with Gasteiger partial charge in [0.2, 0.25) is 10.0 Å². The van der Waals surface area contributed by atoms with Crippen molar-refractivity contribution in [1.82, 2.24) is 4.98 Å². The van der Waals surface area contributed by atoms with E-state index in [1.54, 1.807) is 0 Å². The van der Waals surface area contributed by atoms with E-state index in [9.17, 15) is 13.2 Å². The highest BCUT2D eigenvalue weighted by Crippen LogP contribution is 2.18.